The molecule has 1 heterocycles. The van der Waals surface area contributed by atoms with E-state index < -0.39 is 0 Å². The molecule has 2 rings (SSSR count). The Morgan fingerprint density at radius 2 is 2.12 bits per heavy atom. The van der Waals surface area contributed by atoms with E-state index in [1.807, 2.05) is 30.0 Å². The Hall–Kier alpha value is -0.870. The second kappa shape index (κ2) is 5.65. The molecule has 1 saturated heterocycles. The number of rotatable bonds is 2. The van der Waals surface area contributed by atoms with Crippen LogP contribution in [0, 0.1) is 6.92 Å². The number of hydrogen-bond acceptors (Lipinski definition) is 2. The average molecular weight is 298 g/mol. The first kappa shape index (κ1) is 12.6. The number of hydrogen-bond donors (Lipinski definition) is 0. The fourth-order valence-electron chi connectivity index (χ4n) is 1.95. The second-order valence-electron chi connectivity index (χ2n) is 4.24. The van der Waals surface area contributed by atoms with E-state index in [0.717, 1.165) is 15.6 Å². The average Bonchev–Trinajstić information content (AvgIpc) is 2.34. The Bertz CT molecular complexity index is 414. The van der Waals surface area contributed by atoms with Crippen molar-refractivity contribution >= 4 is 21.8 Å². The van der Waals surface area contributed by atoms with E-state index >= 15 is 0 Å². The fourth-order valence-corrected chi connectivity index (χ4v) is 2.42. The quantitative estimate of drug-likeness (QED) is 0.837. The zero-order valence-corrected chi connectivity index (χ0v) is 11.5. The highest BCUT2D eigenvalue weighted by Gasteiger charge is 2.17. The predicted octanol–water partition coefficient (Wildman–Crippen LogP) is 2.16. The molecule has 0 bridgehead atoms. The summed E-state index contributed by atoms with van der Waals surface area (Å²) < 4.78 is 6.29. The maximum atomic E-state index is 12.1. The molecule has 92 valence electrons. The lowest BCUT2D eigenvalue weighted by Gasteiger charge is -2.27. The number of carbonyl (C=O) groups excluding carboxylic acids is 1. The zero-order chi connectivity index (χ0) is 12.3. The second-order valence-corrected chi connectivity index (χ2v) is 5.16. The Labute approximate surface area is 110 Å². The van der Waals surface area contributed by atoms with Crippen LogP contribution in [0.15, 0.2) is 22.7 Å². The van der Waals surface area contributed by atoms with Gasteiger partial charge in [-0.1, -0.05) is 22.0 Å². The first-order valence-corrected chi connectivity index (χ1v) is 6.56. The number of carbonyl (C=O) groups is 1. The molecule has 1 aromatic rings. The van der Waals surface area contributed by atoms with Crippen molar-refractivity contribution in [1.29, 1.82) is 0 Å². The molecular formula is C13H16BrNO2. The van der Waals surface area contributed by atoms with Crippen LogP contribution in [0.3, 0.4) is 0 Å². The number of halogens is 1. The largest absolute Gasteiger partial charge is 0.378 e. The van der Waals surface area contributed by atoms with E-state index in [-0.39, 0.29) is 5.91 Å². The van der Waals surface area contributed by atoms with Crippen molar-refractivity contribution in [1.82, 2.24) is 4.90 Å². The molecule has 0 saturated carbocycles. The van der Waals surface area contributed by atoms with Crippen LogP contribution < -0.4 is 0 Å². The van der Waals surface area contributed by atoms with Crippen LogP contribution in [-0.2, 0) is 16.0 Å². The minimum Gasteiger partial charge on any atom is -0.378 e. The summed E-state index contributed by atoms with van der Waals surface area (Å²) in [4.78, 5) is 13.9. The van der Waals surface area contributed by atoms with Gasteiger partial charge in [-0.15, -0.1) is 0 Å². The third-order valence-corrected chi connectivity index (χ3v) is 3.50. The summed E-state index contributed by atoms with van der Waals surface area (Å²) in [5.74, 6) is 0.193. The molecule has 1 aliphatic rings. The Morgan fingerprint density at radius 1 is 1.41 bits per heavy atom. The van der Waals surface area contributed by atoms with Gasteiger partial charge in [-0.25, -0.2) is 0 Å². The summed E-state index contributed by atoms with van der Waals surface area (Å²) in [6.45, 7) is 4.78. The molecule has 1 fully saturated rings. The molecule has 4 heteroatoms. The topological polar surface area (TPSA) is 29.5 Å². The summed E-state index contributed by atoms with van der Waals surface area (Å²) in [7, 11) is 0. The SMILES string of the molecule is Cc1cc(Br)ccc1CC(=O)N1CCOCC1. The van der Waals surface area contributed by atoms with Gasteiger partial charge in [0.15, 0.2) is 0 Å². The van der Waals surface area contributed by atoms with Crippen LogP contribution >= 0.6 is 15.9 Å². The Morgan fingerprint density at radius 3 is 2.76 bits per heavy atom. The molecule has 0 unspecified atom stereocenters. The Kier molecular flexibility index (Phi) is 4.18. The van der Waals surface area contributed by atoms with E-state index in [1.54, 1.807) is 0 Å². The van der Waals surface area contributed by atoms with E-state index in [4.69, 9.17) is 4.74 Å². The van der Waals surface area contributed by atoms with Crippen molar-refractivity contribution < 1.29 is 9.53 Å². The lowest BCUT2D eigenvalue weighted by molar-refractivity contribution is -0.134. The van der Waals surface area contributed by atoms with Gasteiger partial charge in [0.05, 0.1) is 19.6 Å². The minimum atomic E-state index is 0.193. The van der Waals surface area contributed by atoms with Crippen molar-refractivity contribution in [2.45, 2.75) is 13.3 Å². The number of amides is 1. The van der Waals surface area contributed by atoms with Crippen molar-refractivity contribution in [3.8, 4) is 0 Å². The monoisotopic (exact) mass is 297 g/mol. The van der Waals surface area contributed by atoms with Gasteiger partial charge in [0, 0.05) is 17.6 Å². The van der Waals surface area contributed by atoms with Gasteiger partial charge in [0.25, 0.3) is 0 Å². The van der Waals surface area contributed by atoms with E-state index in [9.17, 15) is 4.79 Å². The van der Waals surface area contributed by atoms with Gasteiger partial charge >= 0.3 is 0 Å². The highest BCUT2D eigenvalue weighted by molar-refractivity contribution is 9.10. The van der Waals surface area contributed by atoms with Crippen molar-refractivity contribution in [2.75, 3.05) is 26.3 Å². The molecule has 0 aromatic heterocycles. The molecule has 1 aliphatic heterocycles. The maximum absolute atomic E-state index is 12.1. The van der Waals surface area contributed by atoms with Gasteiger partial charge in [0.1, 0.15) is 0 Å². The van der Waals surface area contributed by atoms with Crippen molar-refractivity contribution in [3.05, 3.63) is 33.8 Å². The number of aryl methyl sites for hydroxylation is 1. The summed E-state index contributed by atoms with van der Waals surface area (Å²) in [5.41, 5.74) is 2.26. The number of ether oxygens (including phenoxy) is 1. The minimum absolute atomic E-state index is 0.193. The van der Waals surface area contributed by atoms with E-state index in [0.29, 0.717) is 32.7 Å². The van der Waals surface area contributed by atoms with Gasteiger partial charge in [0.2, 0.25) is 5.91 Å². The molecule has 17 heavy (non-hydrogen) atoms. The van der Waals surface area contributed by atoms with Crippen LogP contribution in [0.4, 0.5) is 0 Å². The third kappa shape index (κ3) is 3.30. The highest BCUT2D eigenvalue weighted by atomic mass is 79.9. The van der Waals surface area contributed by atoms with Crippen molar-refractivity contribution in [3.63, 3.8) is 0 Å². The van der Waals surface area contributed by atoms with Crippen molar-refractivity contribution in [2.24, 2.45) is 0 Å². The molecule has 0 spiro atoms. The smallest absolute Gasteiger partial charge is 0.227 e. The van der Waals surface area contributed by atoms with Crippen LogP contribution in [0.2, 0.25) is 0 Å². The molecule has 0 aliphatic carbocycles. The lowest BCUT2D eigenvalue weighted by Crippen LogP contribution is -2.41. The van der Waals surface area contributed by atoms with Gasteiger partial charge in [-0.2, -0.15) is 0 Å². The highest BCUT2D eigenvalue weighted by Crippen LogP contribution is 2.17. The fraction of sp³-hybridized carbons (Fsp3) is 0.462. The maximum Gasteiger partial charge on any atom is 0.227 e. The Balaban J connectivity index is 2.02. The molecule has 3 nitrogen and oxygen atoms in total. The summed E-state index contributed by atoms with van der Waals surface area (Å²) >= 11 is 3.43. The first-order chi connectivity index (χ1) is 8.16. The third-order valence-electron chi connectivity index (χ3n) is 3.01. The zero-order valence-electron chi connectivity index (χ0n) is 9.91. The number of morpholine rings is 1. The molecule has 0 N–H and O–H groups in total. The summed E-state index contributed by atoms with van der Waals surface area (Å²) in [6.07, 6.45) is 0.485. The standard InChI is InChI=1S/C13H16BrNO2/c1-10-8-12(14)3-2-11(10)9-13(16)15-4-6-17-7-5-15/h2-3,8H,4-7,9H2,1H3. The number of nitrogens with zero attached hydrogens (tertiary/aromatic N) is 1. The summed E-state index contributed by atoms with van der Waals surface area (Å²) in [5, 5.41) is 0. The number of benzene rings is 1. The van der Waals surface area contributed by atoms with Crippen LogP contribution in [0.25, 0.3) is 0 Å². The normalized spacial score (nSPS) is 16.0. The molecule has 1 amide bonds. The van der Waals surface area contributed by atoms with E-state index in [1.165, 1.54) is 0 Å². The lowest BCUT2D eigenvalue weighted by atomic mass is 10.1. The van der Waals surface area contributed by atoms with Gasteiger partial charge < -0.3 is 9.64 Å². The molecule has 0 radical (unpaired) electrons. The van der Waals surface area contributed by atoms with Crippen LogP contribution in [0.5, 0.6) is 0 Å². The predicted molar refractivity (Wildman–Crippen MR) is 70.0 cm³/mol. The summed E-state index contributed by atoms with van der Waals surface area (Å²) in [6, 6.07) is 6.04. The first-order valence-electron chi connectivity index (χ1n) is 5.77. The molecule has 1 aromatic carbocycles. The molecule has 0 atom stereocenters. The van der Waals surface area contributed by atoms with Crippen LogP contribution in [-0.4, -0.2) is 37.1 Å². The molecular weight excluding hydrogens is 282 g/mol. The van der Waals surface area contributed by atoms with Gasteiger partial charge in [-0.05, 0) is 30.2 Å². The van der Waals surface area contributed by atoms with E-state index in [2.05, 4.69) is 15.9 Å². The van der Waals surface area contributed by atoms with Crippen LogP contribution in [0.1, 0.15) is 11.1 Å². The van der Waals surface area contributed by atoms with Gasteiger partial charge in [-0.3, -0.25) is 4.79 Å².